The van der Waals surface area contributed by atoms with E-state index in [2.05, 4.69) is 20.9 Å². The van der Waals surface area contributed by atoms with Gasteiger partial charge in [-0.3, -0.25) is 4.79 Å². The van der Waals surface area contributed by atoms with E-state index in [9.17, 15) is 4.79 Å². The van der Waals surface area contributed by atoms with Gasteiger partial charge in [-0.25, -0.2) is 9.38 Å². The number of benzene rings is 3. The Hall–Kier alpha value is -3.36. The van der Waals surface area contributed by atoms with E-state index >= 15 is 0 Å². The number of hydrogen-bond donors (Lipinski definition) is 0. The predicted octanol–water partition coefficient (Wildman–Crippen LogP) is 4.99. The van der Waals surface area contributed by atoms with Gasteiger partial charge in [-0.15, -0.1) is 0 Å². The molecule has 3 aromatic carbocycles. The second-order valence-corrected chi connectivity index (χ2v) is 9.54. The molecule has 0 spiro atoms. The number of aryl methyl sites for hydroxylation is 1. The predicted molar refractivity (Wildman–Crippen MR) is 138 cm³/mol. The van der Waals surface area contributed by atoms with Crippen molar-refractivity contribution >= 4 is 49.3 Å². The van der Waals surface area contributed by atoms with Gasteiger partial charge >= 0.3 is 0 Å². The molecule has 0 amide bonds. The summed E-state index contributed by atoms with van der Waals surface area (Å²) in [4.78, 5) is 18.3. The van der Waals surface area contributed by atoms with E-state index in [0.717, 1.165) is 26.8 Å². The van der Waals surface area contributed by atoms with Crippen LogP contribution in [0.25, 0.3) is 22.1 Å². The van der Waals surface area contributed by atoms with Crippen LogP contribution < -0.4 is 24.3 Å². The number of fused-ring (bicyclic) bond motifs is 3. The molecule has 5 rings (SSSR count). The molecule has 0 N–H and O–H groups in total. The first-order chi connectivity index (χ1) is 16.5. The van der Waals surface area contributed by atoms with Crippen molar-refractivity contribution in [2.75, 3.05) is 20.3 Å². The summed E-state index contributed by atoms with van der Waals surface area (Å²) in [7, 11) is 1.59. The molecule has 0 saturated carbocycles. The van der Waals surface area contributed by atoms with Gasteiger partial charge in [0.1, 0.15) is 19.0 Å². The summed E-state index contributed by atoms with van der Waals surface area (Å²) in [6, 6.07) is 19.3. The maximum Gasteiger partial charge on any atom is 0.274 e. The summed E-state index contributed by atoms with van der Waals surface area (Å²) in [5.74, 6) is 1.95. The number of nitrogens with zero attached hydrogens (tertiary/aromatic N) is 2. The van der Waals surface area contributed by atoms with Gasteiger partial charge in [0.15, 0.2) is 16.5 Å². The summed E-state index contributed by atoms with van der Waals surface area (Å²) in [5, 5.41) is 0. The van der Waals surface area contributed by atoms with Gasteiger partial charge in [0, 0.05) is 0 Å². The Morgan fingerprint density at radius 1 is 1.06 bits per heavy atom. The lowest BCUT2D eigenvalue weighted by Crippen LogP contribution is -2.22. The van der Waals surface area contributed by atoms with Crippen LogP contribution in [0.5, 0.6) is 17.2 Å². The molecule has 0 unspecified atom stereocenters. The molecule has 2 heterocycles. The second kappa shape index (κ2) is 9.48. The minimum atomic E-state index is -0.0858. The van der Waals surface area contributed by atoms with Crippen molar-refractivity contribution < 1.29 is 14.2 Å². The fourth-order valence-electron chi connectivity index (χ4n) is 3.66. The lowest BCUT2D eigenvalue weighted by molar-refractivity contribution is 0.210. The summed E-state index contributed by atoms with van der Waals surface area (Å²) in [6.45, 7) is 2.79. The van der Waals surface area contributed by atoms with Crippen molar-refractivity contribution in [3.63, 3.8) is 0 Å². The van der Waals surface area contributed by atoms with E-state index in [0.29, 0.717) is 34.2 Å². The number of para-hydroxylation sites is 2. The Morgan fingerprint density at radius 2 is 1.82 bits per heavy atom. The van der Waals surface area contributed by atoms with E-state index in [4.69, 9.17) is 14.2 Å². The Bertz CT molecular complexity index is 1590. The number of halogens is 1. The largest absolute Gasteiger partial charge is 0.493 e. The van der Waals surface area contributed by atoms with E-state index < -0.39 is 0 Å². The van der Waals surface area contributed by atoms with Crippen LogP contribution in [0, 0.1) is 6.92 Å². The molecule has 2 aromatic heterocycles. The first kappa shape index (κ1) is 22.4. The molecule has 0 radical (unpaired) electrons. The van der Waals surface area contributed by atoms with Gasteiger partial charge in [0.2, 0.25) is 0 Å². The third kappa shape index (κ3) is 4.38. The molecule has 0 bridgehead atoms. The molecule has 0 aliphatic rings. The SMILES string of the molecule is COc1cc(C=c2sc3nc4ccccc4n3c2=O)cc(Br)c1OCCOc1ccc(C)cc1. The molecule has 8 heteroatoms. The first-order valence-corrected chi connectivity index (χ1v) is 12.3. The first-order valence-electron chi connectivity index (χ1n) is 10.6. The third-order valence-corrected chi connectivity index (χ3v) is 6.87. The van der Waals surface area contributed by atoms with Gasteiger partial charge < -0.3 is 14.2 Å². The molecular weight excluding hydrogens is 516 g/mol. The highest BCUT2D eigenvalue weighted by atomic mass is 79.9. The minimum Gasteiger partial charge on any atom is -0.493 e. The molecular formula is C26H21BrN2O4S. The van der Waals surface area contributed by atoms with Gasteiger partial charge in [-0.05, 0) is 70.9 Å². The summed E-state index contributed by atoms with van der Waals surface area (Å²) in [6.07, 6.45) is 1.84. The van der Waals surface area contributed by atoms with Crippen LogP contribution in [0.4, 0.5) is 0 Å². The maximum atomic E-state index is 13.0. The van der Waals surface area contributed by atoms with Crippen LogP contribution in [-0.2, 0) is 0 Å². The third-order valence-electron chi connectivity index (χ3n) is 5.31. The fourth-order valence-corrected chi connectivity index (χ4v) is 5.23. The van der Waals surface area contributed by atoms with Gasteiger partial charge in [0.05, 0.1) is 27.1 Å². The standard InChI is InChI=1S/C26H21BrN2O4S/c1-16-7-9-18(10-8-16)32-11-12-33-24-19(27)13-17(14-22(24)31-2)15-23-25(30)29-21-6-4-3-5-20(21)28-26(29)34-23/h3-10,13-15H,11-12H2,1-2H3. The van der Waals surface area contributed by atoms with Crippen LogP contribution in [0.1, 0.15) is 11.1 Å². The Labute approximate surface area is 208 Å². The number of aromatic nitrogens is 2. The number of imidazole rings is 1. The number of rotatable bonds is 7. The van der Waals surface area contributed by atoms with Crippen molar-refractivity contribution in [3.8, 4) is 17.2 Å². The second-order valence-electron chi connectivity index (χ2n) is 7.68. The smallest absolute Gasteiger partial charge is 0.274 e. The average Bonchev–Trinajstić information content (AvgIpc) is 3.34. The van der Waals surface area contributed by atoms with Crippen LogP contribution >= 0.6 is 27.3 Å². The number of methoxy groups -OCH3 is 1. The van der Waals surface area contributed by atoms with Crippen molar-refractivity contribution in [1.82, 2.24) is 9.38 Å². The average molecular weight is 537 g/mol. The summed E-state index contributed by atoms with van der Waals surface area (Å²) < 4.78 is 20.2. The zero-order valence-corrected chi connectivity index (χ0v) is 21.0. The monoisotopic (exact) mass is 536 g/mol. The van der Waals surface area contributed by atoms with Gasteiger partial charge in [0.25, 0.3) is 5.56 Å². The van der Waals surface area contributed by atoms with Crippen molar-refractivity contribution in [1.29, 1.82) is 0 Å². The Morgan fingerprint density at radius 3 is 2.62 bits per heavy atom. The van der Waals surface area contributed by atoms with Crippen molar-refractivity contribution in [2.45, 2.75) is 6.92 Å². The van der Waals surface area contributed by atoms with Crippen molar-refractivity contribution in [2.24, 2.45) is 0 Å². The highest BCUT2D eigenvalue weighted by Gasteiger charge is 2.13. The molecule has 34 heavy (non-hydrogen) atoms. The quantitative estimate of drug-likeness (QED) is 0.274. The summed E-state index contributed by atoms with van der Waals surface area (Å²) >= 11 is 4.94. The highest BCUT2D eigenvalue weighted by Crippen LogP contribution is 2.37. The normalized spacial score (nSPS) is 11.9. The lowest BCUT2D eigenvalue weighted by atomic mass is 10.2. The molecule has 0 atom stereocenters. The molecule has 0 saturated heterocycles. The zero-order chi connectivity index (χ0) is 23.7. The maximum absolute atomic E-state index is 13.0. The van der Waals surface area contributed by atoms with Crippen LogP contribution in [0.2, 0.25) is 0 Å². The van der Waals surface area contributed by atoms with E-state index in [1.165, 1.54) is 16.9 Å². The number of hydrogen-bond acceptors (Lipinski definition) is 6. The van der Waals surface area contributed by atoms with Crippen molar-refractivity contribution in [3.05, 3.63) is 91.1 Å². The number of thiazole rings is 1. The topological polar surface area (TPSA) is 62.1 Å². The Kier molecular flexibility index (Phi) is 6.26. The minimum absolute atomic E-state index is 0.0858. The van der Waals surface area contributed by atoms with Crippen LogP contribution in [0.3, 0.4) is 0 Å². The molecule has 5 aromatic rings. The fraction of sp³-hybridized carbons (Fsp3) is 0.154. The molecule has 0 aliphatic heterocycles. The van der Waals surface area contributed by atoms with Gasteiger partial charge in [-0.1, -0.05) is 41.2 Å². The molecule has 0 aliphatic carbocycles. The van der Waals surface area contributed by atoms with Gasteiger partial charge in [-0.2, -0.15) is 0 Å². The molecule has 172 valence electrons. The van der Waals surface area contributed by atoms with E-state index in [-0.39, 0.29) is 5.56 Å². The molecule has 6 nitrogen and oxygen atoms in total. The lowest BCUT2D eigenvalue weighted by Gasteiger charge is -2.14. The summed E-state index contributed by atoms with van der Waals surface area (Å²) in [5.41, 5.74) is 3.54. The van der Waals surface area contributed by atoms with E-state index in [1.807, 2.05) is 73.7 Å². The van der Waals surface area contributed by atoms with Crippen LogP contribution in [0.15, 0.2) is 69.9 Å². The molecule has 0 fully saturated rings. The zero-order valence-electron chi connectivity index (χ0n) is 18.6. The van der Waals surface area contributed by atoms with E-state index in [1.54, 1.807) is 11.5 Å². The Balaban J connectivity index is 1.38. The highest BCUT2D eigenvalue weighted by molar-refractivity contribution is 9.10. The van der Waals surface area contributed by atoms with Crippen LogP contribution in [-0.4, -0.2) is 29.7 Å². The number of ether oxygens (including phenoxy) is 3.